The van der Waals surface area contributed by atoms with E-state index in [1.807, 2.05) is 6.92 Å². The van der Waals surface area contributed by atoms with Gasteiger partial charge in [-0.25, -0.2) is 4.79 Å². The first-order valence-electron chi connectivity index (χ1n) is 25.2. The zero-order valence-electron chi connectivity index (χ0n) is 40.2. The number of fused-ring (bicyclic) bond motifs is 5. The van der Waals surface area contributed by atoms with Crippen molar-refractivity contribution < 1.29 is 92.7 Å². The van der Waals surface area contributed by atoms with Crippen LogP contribution in [0.4, 0.5) is 0 Å². The summed E-state index contributed by atoms with van der Waals surface area (Å²) in [4.78, 5) is 24.2. The second kappa shape index (κ2) is 19.8. The van der Waals surface area contributed by atoms with Gasteiger partial charge >= 0.3 is 11.9 Å². The van der Waals surface area contributed by atoms with Gasteiger partial charge in [0.25, 0.3) is 0 Å². The van der Waals surface area contributed by atoms with Crippen molar-refractivity contribution in [3.05, 3.63) is 11.6 Å². The van der Waals surface area contributed by atoms with Crippen molar-refractivity contribution in [3.8, 4) is 0 Å². The minimum Gasteiger partial charge on any atom is -0.459 e. The number of hydrogen-bond acceptors (Lipinski definition) is 19. The van der Waals surface area contributed by atoms with Crippen LogP contribution >= 0.6 is 0 Å². The van der Waals surface area contributed by atoms with Gasteiger partial charge in [0, 0.05) is 37.7 Å². The highest BCUT2D eigenvalue weighted by atomic mass is 16.8. The van der Waals surface area contributed by atoms with Crippen molar-refractivity contribution in [2.45, 2.75) is 235 Å². The summed E-state index contributed by atoms with van der Waals surface area (Å²) in [7, 11) is 0. The molecule has 19 nitrogen and oxygen atoms in total. The Bertz CT molecular complexity index is 1810. The van der Waals surface area contributed by atoms with E-state index in [2.05, 4.69) is 13.8 Å². The minimum atomic E-state index is -1.68. The molecule has 4 aliphatic carbocycles. The first-order valence-corrected chi connectivity index (χ1v) is 25.2. The van der Waals surface area contributed by atoms with Crippen molar-refractivity contribution in [1.82, 2.24) is 0 Å². The van der Waals surface area contributed by atoms with E-state index in [1.54, 1.807) is 19.9 Å². The van der Waals surface area contributed by atoms with Gasteiger partial charge in [-0.1, -0.05) is 13.8 Å². The fourth-order valence-corrected chi connectivity index (χ4v) is 14.6. The molecule has 68 heavy (non-hydrogen) atoms. The van der Waals surface area contributed by atoms with Crippen molar-refractivity contribution in [2.75, 3.05) is 13.2 Å². The number of carbonyl (C=O) groups excluding carboxylic acids is 2. The average Bonchev–Trinajstić information content (AvgIpc) is 3.83. The highest BCUT2D eigenvalue weighted by Gasteiger charge is 2.68. The van der Waals surface area contributed by atoms with E-state index in [0.717, 1.165) is 63.4 Å². The number of aliphatic hydroxyl groups is 7. The summed E-state index contributed by atoms with van der Waals surface area (Å²) >= 11 is 0. The number of cyclic esters (lactones) is 1. The molecule has 0 aromatic carbocycles. The average molecular weight is 969 g/mol. The molecule has 8 fully saturated rings. The monoisotopic (exact) mass is 968 g/mol. The molecule has 19 heteroatoms. The molecule has 25 atom stereocenters. The van der Waals surface area contributed by atoms with E-state index in [-0.39, 0.29) is 54.0 Å². The van der Waals surface area contributed by atoms with Crippen LogP contribution in [0, 0.1) is 34.5 Å². The van der Waals surface area contributed by atoms with E-state index in [4.69, 9.17) is 47.4 Å². The summed E-state index contributed by atoms with van der Waals surface area (Å²) in [6.07, 6.45) is -7.65. The summed E-state index contributed by atoms with van der Waals surface area (Å²) in [5.74, 6) is 0.357. The van der Waals surface area contributed by atoms with Gasteiger partial charge in [-0.2, -0.15) is 0 Å². The lowest BCUT2D eigenvalue weighted by molar-refractivity contribution is -0.355. The quantitative estimate of drug-likeness (QED) is 0.115. The lowest BCUT2D eigenvalue weighted by atomic mass is 9.43. The fourth-order valence-electron chi connectivity index (χ4n) is 14.6. The smallest absolute Gasteiger partial charge is 0.331 e. The zero-order chi connectivity index (χ0) is 48.6. The zero-order valence-corrected chi connectivity index (χ0v) is 40.2. The largest absolute Gasteiger partial charge is 0.459 e. The number of ether oxygens (including phenoxy) is 10. The van der Waals surface area contributed by atoms with Crippen LogP contribution < -0.4 is 0 Å². The van der Waals surface area contributed by atoms with Gasteiger partial charge < -0.3 is 83.1 Å². The summed E-state index contributed by atoms with van der Waals surface area (Å²) in [5.41, 5.74) is 0.0925. The van der Waals surface area contributed by atoms with Gasteiger partial charge in [0.05, 0.1) is 48.8 Å². The second-order valence-electron chi connectivity index (χ2n) is 22.1. The summed E-state index contributed by atoms with van der Waals surface area (Å²) in [6, 6.07) is 0. The lowest BCUT2D eigenvalue weighted by Gasteiger charge is -2.64. The van der Waals surface area contributed by atoms with Crippen molar-refractivity contribution in [2.24, 2.45) is 34.5 Å². The number of rotatable bonds is 11. The van der Waals surface area contributed by atoms with E-state index < -0.39 is 123 Å². The molecule has 0 amide bonds. The molecule has 0 aromatic heterocycles. The van der Waals surface area contributed by atoms with Gasteiger partial charge in [0.1, 0.15) is 55.4 Å². The first-order chi connectivity index (χ1) is 32.2. The van der Waals surface area contributed by atoms with Crippen LogP contribution in [0.15, 0.2) is 11.6 Å². The van der Waals surface area contributed by atoms with Crippen LogP contribution in [0.2, 0.25) is 0 Å². The normalized spacial score (nSPS) is 52.8. The van der Waals surface area contributed by atoms with Crippen LogP contribution in [-0.4, -0.2) is 177 Å². The third-order valence-corrected chi connectivity index (χ3v) is 18.3. The fraction of sp³-hybridized carbons (Fsp3) is 0.918. The molecular weight excluding hydrogens is 893 g/mol. The highest BCUT2D eigenvalue weighted by molar-refractivity contribution is 5.85. The number of aliphatic hydroxyl groups excluding tert-OH is 6. The molecular formula is C49H76O19. The van der Waals surface area contributed by atoms with E-state index >= 15 is 0 Å². The molecule has 7 N–H and O–H groups in total. The topological polar surface area (TPSA) is 268 Å². The van der Waals surface area contributed by atoms with Gasteiger partial charge in [-0.05, 0) is 113 Å². The number of esters is 2. The number of carbonyl (C=O) groups is 2. The molecule has 5 aliphatic heterocycles. The molecule has 4 saturated heterocycles. The van der Waals surface area contributed by atoms with Crippen molar-refractivity contribution in [3.63, 3.8) is 0 Å². The molecule has 9 aliphatic rings. The van der Waals surface area contributed by atoms with Gasteiger partial charge in [0.2, 0.25) is 0 Å². The summed E-state index contributed by atoms with van der Waals surface area (Å²) in [6.45, 7) is 10.8. The molecule has 0 unspecified atom stereocenters. The standard InChI is InChI=1S/C49H76O19/c1-22-43(66-38-18-33(53)44(23(2)61-38)67-39-19-34(63-25(4)51)45(24(3)62-39)68-46-42(57)41(56)40(55)35(20-50)65-46)32(52)17-37(60-22)64-28-9-12-47(5)27(16-28)7-8-31-30(47)10-13-48(6)29(11-14-49(31,48)58)26-15-36(54)59-21-26/h15,22-24,27-35,37-46,50,52-53,55-58H,7-14,16-21H2,1-6H3/t22-,23-,24-,27+,28+,29-,30-,31+,32+,33+,34+,35+,37+,38-,39+,40+,41-,42+,43+,44+,45-,46-,47+,48-,49+/m1/s1. The van der Waals surface area contributed by atoms with Crippen molar-refractivity contribution in [1.29, 1.82) is 0 Å². The van der Waals surface area contributed by atoms with Crippen LogP contribution in [-0.2, 0) is 57.0 Å². The third-order valence-electron chi connectivity index (χ3n) is 18.3. The maximum atomic E-state index is 12.6. The maximum Gasteiger partial charge on any atom is 0.331 e. The summed E-state index contributed by atoms with van der Waals surface area (Å²) < 4.78 is 60.2. The Morgan fingerprint density at radius 2 is 1.34 bits per heavy atom. The van der Waals surface area contributed by atoms with Crippen LogP contribution in [0.5, 0.6) is 0 Å². The Labute approximate surface area is 398 Å². The van der Waals surface area contributed by atoms with E-state index in [0.29, 0.717) is 18.4 Å². The summed E-state index contributed by atoms with van der Waals surface area (Å²) in [5, 5.41) is 76.1. The Morgan fingerprint density at radius 1 is 0.706 bits per heavy atom. The Balaban J connectivity index is 0.746. The number of hydrogen-bond donors (Lipinski definition) is 7. The van der Waals surface area contributed by atoms with Crippen LogP contribution in [0.25, 0.3) is 0 Å². The molecule has 4 saturated carbocycles. The molecule has 0 spiro atoms. The molecule has 0 aromatic rings. The minimum absolute atomic E-state index is 0.0126. The SMILES string of the molecule is CC(=O)O[C@H]1C[C@H](O[C@@H]2[C@@H](O)C[C@@H](O[C@@H]3[C@@H](O)C[C@H](O[C@H]4CC[C@@]5(C)[C@@H](CC[C@H]6[C@H]5CC[C@]5(C)[C@@H](C7=CC(=O)OC7)CC[C@]65O)C4)O[C@@H]3C)O[C@@H]2C)O[C@H](C)[C@H]1O[C@H]1O[C@@H](CO)[C@H](O)[C@@H](O)[C@@H]1O. The van der Waals surface area contributed by atoms with Crippen LogP contribution in [0.1, 0.15) is 119 Å². The first kappa shape index (κ1) is 51.0. The molecule has 9 rings (SSSR count). The Morgan fingerprint density at radius 3 is 1.94 bits per heavy atom. The second-order valence-corrected chi connectivity index (χ2v) is 22.1. The van der Waals surface area contributed by atoms with Crippen LogP contribution in [0.3, 0.4) is 0 Å². The van der Waals surface area contributed by atoms with Gasteiger partial charge in [-0.15, -0.1) is 0 Å². The van der Waals surface area contributed by atoms with Gasteiger partial charge in [-0.3, -0.25) is 4.79 Å². The van der Waals surface area contributed by atoms with Gasteiger partial charge in [0.15, 0.2) is 25.2 Å². The lowest BCUT2D eigenvalue weighted by Crippen LogP contribution is -2.62. The maximum absolute atomic E-state index is 12.6. The van der Waals surface area contributed by atoms with E-state index in [1.165, 1.54) is 6.92 Å². The van der Waals surface area contributed by atoms with E-state index in [9.17, 15) is 45.3 Å². The Kier molecular flexibility index (Phi) is 14.9. The highest BCUT2D eigenvalue weighted by Crippen LogP contribution is 2.70. The predicted molar refractivity (Wildman–Crippen MR) is 233 cm³/mol. The molecule has 5 heterocycles. The third kappa shape index (κ3) is 9.36. The molecule has 386 valence electrons. The predicted octanol–water partition coefficient (Wildman–Crippen LogP) is 1.64. The Hall–Kier alpha value is -1.92. The van der Waals surface area contributed by atoms with Crippen molar-refractivity contribution >= 4 is 11.9 Å². The molecule has 0 bridgehead atoms. The molecule has 0 radical (unpaired) electrons.